The quantitative estimate of drug-likeness (QED) is 0.569. The number of rotatable bonds is 4. The summed E-state index contributed by atoms with van der Waals surface area (Å²) in [7, 11) is 0. The van der Waals surface area contributed by atoms with Gasteiger partial charge in [-0.1, -0.05) is 40.5 Å². The first-order valence-corrected chi connectivity index (χ1v) is 11.9. The molecule has 1 amide bonds. The first-order valence-electron chi connectivity index (χ1n) is 10.7. The lowest BCUT2D eigenvalue weighted by atomic mass is 9.90. The maximum Gasteiger partial charge on any atom is 0.262 e. The van der Waals surface area contributed by atoms with Crippen LogP contribution in [0, 0.1) is 5.41 Å². The van der Waals surface area contributed by atoms with Crippen molar-refractivity contribution in [2.45, 2.75) is 44.8 Å². The molecule has 0 unspecified atom stereocenters. The van der Waals surface area contributed by atoms with E-state index in [9.17, 15) is 14.7 Å². The lowest BCUT2D eigenvalue weighted by molar-refractivity contribution is -0.141. The minimum Gasteiger partial charge on any atom is -0.388 e. The van der Waals surface area contributed by atoms with E-state index < -0.39 is 5.60 Å². The highest BCUT2D eigenvalue weighted by Gasteiger charge is 2.48. The highest BCUT2D eigenvalue weighted by molar-refractivity contribution is 9.10. The zero-order chi connectivity index (χ0) is 22.7. The van der Waals surface area contributed by atoms with E-state index in [0.29, 0.717) is 42.1 Å². The Morgan fingerprint density at radius 3 is 2.59 bits per heavy atom. The van der Waals surface area contributed by atoms with Crippen LogP contribution in [0.5, 0.6) is 0 Å². The van der Waals surface area contributed by atoms with Crippen LogP contribution in [0.2, 0.25) is 5.15 Å². The molecular formula is C23H24BrClN4O3. The van der Waals surface area contributed by atoms with E-state index in [1.165, 1.54) is 10.9 Å². The Hall–Kier alpha value is -2.16. The van der Waals surface area contributed by atoms with E-state index in [1.807, 2.05) is 36.1 Å². The lowest BCUT2D eigenvalue weighted by Gasteiger charge is -2.39. The molecular weight excluding hydrogens is 496 g/mol. The molecule has 7 nitrogen and oxygen atoms in total. The normalized spacial score (nSPS) is 19.3. The van der Waals surface area contributed by atoms with Crippen LogP contribution < -0.4 is 5.56 Å². The van der Waals surface area contributed by atoms with E-state index in [2.05, 4.69) is 20.9 Å². The average Bonchev–Trinajstić information content (AvgIpc) is 3.42. The van der Waals surface area contributed by atoms with Crippen LogP contribution in [0.25, 0.3) is 16.7 Å². The molecule has 1 N–H and O–H groups in total. The van der Waals surface area contributed by atoms with Crippen molar-refractivity contribution < 1.29 is 9.90 Å². The molecule has 32 heavy (non-hydrogen) atoms. The first-order chi connectivity index (χ1) is 15.2. The van der Waals surface area contributed by atoms with Gasteiger partial charge in [0, 0.05) is 28.7 Å². The monoisotopic (exact) mass is 518 g/mol. The predicted molar refractivity (Wildman–Crippen MR) is 126 cm³/mol. The fraction of sp³-hybridized carbons (Fsp3) is 0.435. The Bertz CT molecular complexity index is 1270. The van der Waals surface area contributed by atoms with E-state index in [-0.39, 0.29) is 23.4 Å². The summed E-state index contributed by atoms with van der Waals surface area (Å²) >= 11 is 9.91. The third-order valence-corrected chi connectivity index (χ3v) is 7.54. The van der Waals surface area contributed by atoms with Gasteiger partial charge in [0.25, 0.3) is 5.56 Å². The number of carbonyl (C=O) groups excluding carboxylic acids is 1. The van der Waals surface area contributed by atoms with Gasteiger partial charge in [0.05, 0.1) is 17.5 Å². The molecule has 1 aliphatic heterocycles. The summed E-state index contributed by atoms with van der Waals surface area (Å²) in [5, 5.41) is 11.9. The topological polar surface area (TPSA) is 80.4 Å². The predicted octanol–water partition coefficient (Wildman–Crippen LogP) is 3.76. The van der Waals surface area contributed by atoms with Crippen LogP contribution >= 0.6 is 27.5 Å². The number of likely N-dealkylation sites (tertiary alicyclic amines) is 1. The van der Waals surface area contributed by atoms with Crippen LogP contribution in [-0.2, 0) is 11.3 Å². The summed E-state index contributed by atoms with van der Waals surface area (Å²) in [5.74, 6) is 0.184. The van der Waals surface area contributed by atoms with Crippen molar-refractivity contribution in [1.82, 2.24) is 19.0 Å². The SMILES string of the molecule is CC1(C(=O)N2CCC(O)(Cn3cnc4c(cc(Cl)n4-c4cccc(Br)c4)c3=O)CC2)CC1. The summed E-state index contributed by atoms with van der Waals surface area (Å²) in [6, 6.07) is 9.21. The summed E-state index contributed by atoms with van der Waals surface area (Å²) in [6.45, 7) is 3.14. The summed E-state index contributed by atoms with van der Waals surface area (Å²) in [5.41, 5.74) is -0.245. The number of nitrogens with zero attached hydrogens (tertiary/aromatic N) is 4. The molecule has 0 bridgehead atoms. The van der Waals surface area contributed by atoms with Gasteiger partial charge >= 0.3 is 0 Å². The largest absolute Gasteiger partial charge is 0.388 e. The number of carbonyl (C=O) groups is 1. The average molecular weight is 520 g/mol. The van der Waals surface area contributed by atoms with Crippen LogP contribution in [0.4, 0.5) is 0 Å². The number of benzene rings is 1. The second-order valence-electron chi connectivity index (χ2n) is 9.27. The zero-order valence-electron chi connectivity index (χ0n) is 17.7. The molecule has 9 heteroatoms. The molecule has 1 aliphatic carbocycles. The van der Waals surface area contributed by atoms with Crippen LogP contribution in [-0.4, -0.2) is 48.7 Å². The molecule has 2 fully saturated rings. The second kappa shape index (κ2) is 7.71. The maximum absolute atomic E-state index is 13.2. The zero-order valence-corrected chi connectivity index (χ0v) is 20.1. The van der Waals surface area contributed by atoms with Gasteiger partial charge in [-0.3, -0.25) is 18.7 Å². The van der Waals surface area contributed by atoms with Crippen LogP contribution in [0.1, 0.15) is 32.6 Å². The van der Waals surface area contributed by atoms with Crippen molar-refractivity contribution >= 4 is 44.5 Å². The molecule has 2 aliphatic rings. The Labute approximate surface area is 198 Å². The molecule has 0 spiro atoms. The number of aromatic nitrogens is 3. The molecule has 168 valence electrons. The molecule has 3 aromatic rings. The van der Waals surface area contributed by atoms with Gasteiger partial charge in [0.15, 0.2) is 5.65 Å². The van der Waals surface area contributed by atoms with Crippen molar-refractivity contribution in [2.24, 2.45) is 5.41 Å². The highest BCUT2D eigenvalue weighted by atomic mass is 79.9. The molecule has 2 aromatic heterocycles. The van der Waals surface area contributed by atoms with Crippen molar-refractivity contribution in [3.63, 3.8) is 0 Å². The number of hydrogen-bond acceptors (Lipinski definition) is 4. The molecule has 3 heterocycles. The standard InChI is InChI=1S/C23H24BrClN4O3/c1-22(5-6-22)21(31)27-9-7-23(32,8-10-27)13-28-14-26-19-17(20(28)30)12-18(25)29(19)16-4-2-3-15(24)11-16/h2-4,11-12,14,32H,5-10,13H2,1H3. The molecule has 5 rings (SSSR count). The van der Waals surface area contributed by atoms with Gasteiger partial charge in [-0.05, 0) is 49.9 Å². The van der Waals surface area contributed by atoms with Crippen molar-refractivity contribution in [3.8, 4) is 5.69 Å². The van der Waals surface area contributed by atoms with Crippen LogP contribution in [0.15, 0.2) is 45.9 Å². The van der Waals surface area contributed by atoms with Gasteiger partial charge in [0.1, 0.15) is 11.5 Å². The van der Waals surface area contributed by atoms with Gasteiger partial charge in [0.2, 0.25) is 5.91 Å². The number of hydrogen-bond donors (Lipinski definition) is 1. The van der Waals surface area contributed by atoms with E-state index >= 15 is 0 Å². The van der Waals surface area contributed by atoms with Crippen LogP contribution in [0.3, 0.4) is 0 Å². The molecule has 1 aromatic carbocycles. The Morgan fingerprint density at radius 1 is 1.22 bits per heavy atom. The maximum atomic E-state index is 13.2. The molecule has 1 saturated carbocycles. The van der Waals surface area contributed by atoms with Gasteiger partial charge < -0.3 is 10.0 Å². The Balaban J connectivity index is 1.39. The van der Waals surface area contributed by atoms with E-state index in [1.54, 1.807) is 10.6 Å². The summed E-state index contributed by atoms with van der Waals surface area (Å²) in [4.78, 5) is 32.1. The fourth-order valence-electron chi connectivity index (χ4n) is 4.44. The van der Waals surface area contributed by atoms with Gasteiger partial charge in [-0.25, -0.2) is 4.98 Å². The van der Waals surface area contributed by atoms with E-state index in [0.717, 1.165) is 23.0 Å². The summed E-state index contributed by atoms with van der Waals surface area (Å²) in [6.07, 6.45) is 4.21. The minimum absolute atomic E-state index is 0.133. The molecule has 0 atom stereocenters. The third kappa shape index (κ3) is 3.78. The fourth-order valence-corrected chi connectivity index (χ4v) is 5.12. The first kappa shape index (κ1) is 21.7. The lowest BCUT2D eigenvalue weighted by Crippen LogP contribution is -2.51. The molecule has 1 saturated heterocycles. The van der Waals surface area contributed by atoms with Gasteiger partial charge in [-0.15, -0.1) is 0 Å². The number of amides is 1. The summed E-state index contributed by atoms with van der Waals surface area (Å²) < 4.78 is 4.07. The van der Waals surface area contributed by atoms with E-state index in [4.69, 9.17) is 11.6 Å². The Morgan fingerprint density at radius 2 is 1.94 bits per heavy atom. The second-order valence-corrected chi connectivity index (χ2v) is 10.6. The Kier molecular flexibility index (Phi) is 5.22. The number of fused-ring (bicyclic) bond motifs is 1. The van der Waals surface area contributed by atoms with Crippen molar-refractivity contribution in [3.05, 3.63) is 56.6 Å². The van der Waals surface area contributed by atoms with Crippen molar-refractivity contribution in [2.75, 3.05) is 13.1 Å². The smallest absolute Gasteiger partial charge is 0.262 e. The van der Waals surface area contributed by atoms with Gasteiger partial charge in [-0.2, -0.15) is 0 Å². The van der Waals surface area contributed by atoms with Crippen molar-refractivity contribution in [1.29, 1.82) is 0 Å². The highest BCUT2D eigenvalue weighted by Crippen LogP contribution is 2.47. The number of piperidine rings is 1. The molecule has 0 radical (unpaired) electrons. The minimum atomic E-state index is -1.06. The number of halogens is 2. The number of aliphatic hydroxyl groups is 1. The third-order valence-electron chi connectivity index (χ3n) is 6.77.